The molecule has 0 fully saturated rings. The molecule has 2 N–H and O–H groups in total. The number of benzene rings is 4. The zero-order valence-electron chi connectivity index (χ0n) is 18.2. The van der Waals surface area contributed by atoms with Crippen LogP contribution in [-0.2, 0) is 35.9 Å². The van der Waals surface area contributed by atoms with Crippen molar-refractivity contribution in [3.63, 3.8) is 0 Å². The van der Waals surface area contributed by atoms with Crippen molar-refractivity contribution in [2.75, 3.05) is 0 Å². The van der Waals surface area contributed by atoms with Crippen molar-refractivity contribution >= 4 is 9.84 Å². The lowest BCUT2D eigenvalue weighted by Crippen LogP contribution is -2.07. The van der Waals surface area contributed by atoms with Crippen molar-refractivity contribution in [2.24, 2.45) is 0 Å². The largest absolute Gasteiger partial charge is 0.392 e. The average molecular weight is 459 g/mol. The molecule has 5 heteroatoms. The number of hydrogen-bond donors (Lipinski definition) is 2. The predicted molar refractivity (Wildman–Crippen MR) is 129 cm³/mol. The number of sulfone groups is 1. The molecule has 0 radical (unpaired) electrons. The Morgan fingerprint density at radius 2 is 0.909 bits per heavy atom. The highest BCUT2D eigenvalue weighted by Crippen LogP contribution is 2.27. The van der Waals surface area contributed by atoms with Crippen LogP contribution in [0.3, 0.4) is 0 Å². The van der Waals surface area contributed by atoms with Gasteiger partial charge in [-0.2, -0.15) is 0 Å². The van der Waals surface area contributed by atoms with Gasteiger partial charge in [0.2, 0.25) is 9.84 Å². The summed E-state index contributed by atoms with van der Waals surface area (Å²) < 4.78 is 27.0. The molecule has 4 aromatic carbocycles. The summed E-state index contributed by atoms with van der Waals surface area (Å²) in [6.45, 7) is -0.316. The summed E-state index contributed by atoms with van der Waals surface area (Å²) in [7, 11) is -3.78. The smallest absolute Gasteiger partial charge is 0.206 e. The van der Waals surface area contributed by atoms with E-state index >= 15 is 0 Å². The minimum Gasteiger partial charge on any atom is -0.392 e. The molecule has 0 spiro atoms. The minimum atomic E-state index is -3.78. The van der Waals surface area contributed by atoms with Gasteiger partial charge in [0.15, 0.2) is 0 Å². The van der Waals surface area contributed by atoms with E-state index in [1.807, 2.05) is 60.7 Å². The van der Waals surface area contributed by atoms with Crippen LogP contribution in [0.5, 0.6) is 0 Å². The number of aliphatic hydroxyl groups is 2. The fraction of sp³-hybridized carbons (Fsp3) is 0.143. The van der Waals surface area contributed by atoms with Gasteiger partial charge in [-0.25, -0.2) is 8.42 Å². The molecule has 0 unspecified atom stereocenters. The van der Waals surface area contributed by atoms with Crippen LogP contribution in [0.1, 0.15) is 33.4 Å². The maximum Gasteiger partial charge on any atom is 0.206 e. The highest BCUT2D eigenvalue weighted by Gasteiger charge is 2.21. The third-order valence-electron chi connectivity index (χ3n) is 5.79. The van der Waals surface area contributed by atoms with E-state index in [1.54, 1.807) is 36.4 Å². The number of hydrogen-bond acceptors (Lipinski definition) is 4. The third kappa shape index (κ3) is 5.22. The molecule has 0 bridgehead atoms. The standard InChI is InChI=1S/C28H26O4S/c29-19-23-11-13-27(17-25(23)15-21-7-3-1-4-8-21)33(31,32)28-14-12-24(20-30)26(18-28)16-22-9-5-2-6-10-22/h1-14,17-18,29-30H,15-16,19-20H2. The second kappa shape index (κ2) is 10.1. The van der Waals surface area contributed by atoms with Gasteiger partial charge in [0.1, 0.15) is 0 Å². The summed E-state index contributed by atoms with van der Waals surface area (Å²) in [6, 6.07) is 29.3. The molecule has 0 atom stereocenters. The molecule has 0 aliphatic heterocycles. The van der Waals surface area contributed by atoms with Crippen molar-refractivity contribution in [1.29, 1.82) is 0 Å². The van der Waals surface area contributed by atoms with E-state index in [2.05, 4.69) is 0 Å². The Bertz CT molecular complexity index is 1230. The zero-order chi connectivity index (χ0) is 23.3. The van der Waals surface area contributed by atoms with Gasteiger partial charge < -0.3 is 10.2 Å². The topological polar surface area (TPSA) is 74.6 Å². The van der Waals surface area contributed by atoms with Crippen LogP contribution in [0, 0.1) is 0 Å². The van der Waals surface area contributed by atoms with Gasteiger partial charge >= 0.3 is 0 Å². The molecular weight excluding hydrogens is 432 g/mol. The Kier molecular flexibility index (Phi) is 7.04. The van der Waals surface area contributed by atoms with Gasteiger partial charge in [0.25, 0.3) is 0 Å². The summed E-state index contributed by atoms with van der Waals surface area (Å²) in [6.07, 6.45) is 1.06. The first kappa shape index (κ1) is 22.9. The number of aliphatic hydroxyl groups excluding tert-OH is 2. The first-order valence-corrected chi connectivity index (χ1v) is 12.3. The normalized spacial score (nSPS) is 11.5. The van der Waals surface area contributed by atoms with Crippen molar-refractivity contribution < 1.29 is 18.6 Å². The van der Waals surface area contributed by atoms with Gasteiger partial charge in [-0.1, -0.05) is 72.8 Å². The van der Waals surface area contributed by atoms with Crippen molar-refractivity contribution in [3.05, 3.63) is 130 Å². The van der Waals surface area contributed by atoms with E-state index in [-0.39, 0.29) is 23.0 Å². The highest BCUT2D eigenvalue weighted by molar-refractivity contribution is 7.91. The van der Waals surface area contributed by atoms with Crippen molar-refractivity contribution in [1.82, 2.24) is 0 Å². The van der Waals surface area contributed by atoms with Gasteiger partial charge in [-0.3, -0.25) is 0 Å². The quantitative estimate of drug-likeness (QED) is 0.402. The van der Waals surface area contributed by atoms with Gasteiger partial charge in [-0.05, 0) is 70.5 Å². The first-order chi connectivity index (χ1) is 16.0. The average Bonchev–Trinajstić information content (AvgIpc) is 2.85. The Labute approximate surface area is 194 Å². The van der Waals surface area contributed by atoms with Crippen LogP contribution < -0.4 is 0 Å². The molecular formula is C28H26O4S. The molecule has 0 heterocycles. The second-order valence-electron chi connectivity index (χ2n) is 8.01. The molecule has 0 aliphatic carbocycles. The number of rotatable bonds is 8. The van der Waals surface area contributed by atoms with E-state index in [1.165, 1.54) is 0 Å². The summed E-state index contributed by atoms with van der Waals surface area (Å²) in [5.74, 6) is 0. The minimum absolute atomic E-state index is 0.158. The zero-order valence-corrected chi connectivity index (χ0v) is 19.0. The van der Waals surface area contributed by atoms with Crippen LogP contribution in [0.2, 0.25) is 0 Å². The van der Waals surface area contributed by atoms with Crippen LogP contribution in [0.4, 0.5) is 0 Å². The molecule has 0 saturated heterocycles. The van der Waals surface area contributed by atoms with Crippen LogP contribution in [-0.4, -0.2) is 18.6 Å². The van der Waals surface area contributed by atoms with Crippen LogP contribution >= 0.6 is 0 Å². The molecule has 4 rings (SSSR count). The SMILES string of the molecule is O=S(=O)(c1ccc(CO)c(Cc2ccccc2)c1)c1ccc(CO)c(Cc2ccccc2)c1. The van der Waals surface area contributed by atoms with Gasteiger partial charge in [-0.15, -0.1) is 0 Å². The predicted octanol–water partition coefficient (Wildman–Crippen LogP) is 4.69. The second-order valence-corrected chi connectivity index (χ2v) is 9.96. The van der Waals surface area contributed by atoms with E-state index in [9.17, 15) is 18.6 Å². The summed E-state index contributed by atoms with van der Waals surface area (Å²) in [4.78, 5) is 0.376. The maximum atomic E-state index is 13.5. The molecule has 0 saturated carbocycles. The molecule has 0 aromatic heterocycles. The summed E-state index contributed by atoms with van der Waals surface area (Å²) in [5.41, 5.74) is 5.05. The van der Waals surface area contributed by atoms with Crippen molar-refractivity contribution in [2.45, 2.75) is 35.8 Å². The highest BCUT2D eigenvalue weighted by atomic mass is 32.2. The fourth-order valence-corrected chi connectivity index (χ4v) is 5.31. The summed E-state index contributed by atoms with van der Waals surface area (Å²) >= 11 is 0. The van der Waals surface area contributed by atoms with E-state index in [0.717, 1.165) is 22.3 Å². The van der Waals surface area contributed by atoms with Crippen LogP contribution in [0.15, 0.2) is 107 Å². The Morgan fingerprint density at radius 1 is 0.515 bits per heavy atom. The lowest BCUT2D eigenvalue weighted by molar-refractivity contribution is 0.280. The lowest BCUT2D eigenvalue weighted by Gasteiger charge is -2.14. The van der Waals surface area contributed by atoms with E-state index in [0.29, 0.717) is 24.0 Å². The van der Waals surface area contributed by atoms with Gasteiger partial charge in [0, 0.05) is 0 Å². The van der Waals surface area contributed by atoms with E-state index < -0.39 is 9.84 Å². The third-order valence-corrected chi connectivity index (χ3v) is 7.54. The maximum absolute atomic E-state index is 13.5. The molecule has 0 amide bonds. The Morgan fingerprint density at radius 3 is 1.27 bits per heavy atom. The molecule has 168 valence electrons. The van der Waals surface area contributed by atoms with E-state index in [4.69, 9.17) is 0 Å². The summed E-state index contributed by atoms with van der Waals surface area (Å²) in [5, 5.41) is 19.5. The van der Waals surface area contributed by atoms with Crippen molar-refractivity contribution in [3.8, 4) is 0 Å². The Hall–Kier alpha value is -3.25. The van der Waals surface area contributed by atoms with Crippen LogP contribution in [0.25, 0.3) is 0 Å². The monoisotopic (exact) mass is 458 g/mol. The lowest BCUT2D eigenvalue weighted by atomic mass is 10.00. The molecule has 4 aromatic rings. The van der Waals surface area contributed by atoms with Gasteiger partial charge in [0.05, 0.1) is 23.0 Å². The fourth-order valence-electron chi connectivity index (χ4n) is 3.94. The molecule has 0 aliphatic rings. The molecule has 4 nitrogen and oxygen atoms in total. The first-order valence-electron chi connectivity index (χ1n) is 10.8. The Balaban J connectivity index is 1.72. The molecule has 33 heavy (non-hydrogen) atoms.